The zero-order valence-electron chi connectivity index (χ0n) is 14.5. The average molecular weight is 347 g/mol. The van der Waals surface area contributed by atoms with E-state index in [4.69, 9.17) is 11.6 Å². The molecule has 1 atom stereocenters. The maximum absolute atomic E-state index is 12.7. The van der Waals surface area contributed by atoms with E-state index in [1.165, 1.54) is 0 Å². The van der Waals surface area contributed by atoms with Crippen molar-refractivity contribution in [1.29, 1.82) is 0 Å². The van der Waals surface area contributed by atoms with E-state index in [2.05, 4.69) is 36.1 Å². The van der Waals surface area contributed by atoms with E-state index in [0.717, 1.165) is 11.4 Å². The van der Waals surface area contributed by atoms with Gasteiger partial charge in [-0.25, -0.2) is 0 Å². The third-order valence-electron chi connectivity index (χ3n) is 3.95. The molecule has 1 amide bonds. The van der Waals surface area contributed by atoms with Gasteiger partial charge in [-0.2, -0.15) is 0 Å². The maximum Gasteiger partial charge on any atom is 0.255 e. The number of rotatable bonds is 6. The molecule has 1 aromatic heterocycles. The van der Waals surface area contributed by atoms with Crippen molar-refractivity contribution in [3.63, 3.8) is 0 Å². The lowest BCUT2D eigenvalue weighted by Crippen LogP contribution is -2.27. The van der Waals surface area contributed by atoms with Crippen LogP contribution in [0.25, 0.3) is 0 Å². The number of hydrogen-bond acceptors (Lipinski definition) is 4. The fourth-order valence-corrected chi connectivity index (χ4v) is 2.34. The van der Waals surface area contributed by atoms with Crippen LogP contribution in [0.5, 0.6) is 0 Å². The van der Waals surface area contributed by atoms with Gasteiger partial charge in [-0.05, 0) is 31.0 Å². The number of halogens is 1. The second-order valence-electron chi connectivity index (χ2n) is 6.23. The van der Waals surface area contributed by atoms with Crippen LogP contribution >= 0.6 is 11.6 Å². The predicted octanol–water partition coefficient (Wildman–Crippen LogP) is 3.86. The van der Waals surface area contributed by atoms with Crippen molar-refractivity contribution >= 4 is 23.2 Å². The summed E-state index contributed by atoms with van der Waals surface area (Å²) in [5, 5.41) is 3.84. The molecule has 0 saturated carbocycles. The highest BCUT2D eigenvalue weighted by atomic mass is 35.5. The van der Waals surface area contributed by atoms with Gasteiger partial charge >= 0.3 is 0 Å². The summed E-state index contributed by atoms with van der Waals surface area (Å²) in [5.41, 5.74) is 2.09. The molecule has 128 valence electrons. The minimum Gasteiger partial charge on any atom is -0.382 e. The van der Waals surface area contributed by atoms with Gasteiger partial charge in [0.2, 0.25) is 0 Å². The molecule has 6 heteroatoms. The van der Waals surface area contributed by atoms with Crippen molar-refractivity contribution in [1.82, 2.24) is 14.9 Å². The van der Waals surface area contributed by atoms with Gasteiger partial charge in [0.1, 0.15) is 0 Å². The van der Waals surface area contributed by atoms with Gasteiger partial charge in [-0.3, -0.25) is 14.8 Å². The Kier molecular flexibility index (Phi) is 6.15. The van der Waals surface area contributed by atoms with Gasteiger partial charge in [-0.15, -0.1) is 0 Å². The lowest BCUT2D eigenvalue weighted by molar-refractivity contribution is 0.0783. The zero-order valence-corrected chi connectivity index (χ0v) is 15.2. The first-order chi connectivity index (χ1) is 11.4. The fourth-order valence-electron chi connectivity index (χ4n) is 2.14. The summed E-state index contributed by atoms with van der Waals surface area (Å²) >= 11 is 6.23. The average Bonchev–Trinajstić information content (AvgIpc) is 2.56. The Labute approximate surface area is 148 Å². The van der Waals surface area contributed by atoms with Crippen LogP contribution in [0.1, 0.15) is 36.8 Å². The Hall–Kier alpha value is -2.14. The SMILES string of the molecule is CC(C)[C@H](C)Nc1ccc(Cl)c(C(=O)N(C)Cc2cnccn2)c1. The molecule has 0 spiro atoms. The molecule has 2 aromatic rings. The molecule has 5 nitrogen and oxygen atoms in total. The Morgan fingerprint density at radius 2 is 2.04 bits per heavy atom. The number of amides is 1. The molecule has 0 saturated heterocycles. The molecule has 0 aliphatic rings. The molecule has 0 radical (unpaired) electrons. The zero-order chi connectivity index (χ0) is 17.7. The highest BCUT2D eigenvalue weighted by molar-refractivity contribution is 6.34. The lowest BCUT2D eigenvalue weighted by Gasteiger charge is -2.21. The van der Waals surface area contributed by atoms with Crippen molar-refractivity contribution in [2.45, 2.75) is 33.4 Å². The third kappa shape index (κ3) is 4.68. The van der Waals surface area contributed by atoms with Gasteiger partial charge in [0.15, 0.2) is 0 Å². The van der Waals surface area contributed by atoms with Gasteiger partial charge in [0, 0.05) is 31.2 Å². The summed E-state index contributed by atoms with van der Waals surface area (Å²) in [4.78, 5) is 22.5. The number of hydrogen-bond donors (Lipinski definition) is 1. The molecule has 0 bridgehead atoms. The standard InChI is InChI=1S/C18H23ClN4O/c1-12(2)13(3)22-14-5-6-17(19)16(9-14)18(24)23(4)11-15-10-20-7-8-21-15/h5-10,12-13,22H,11H2,1-4H3/t13-/m0/s1. The van der Waals surface area contributed by atoms with E-state index < -0.39 is 0 Å². The van der Waals surface area contributed by atoms with Gasteiger partial charge in [-0.1, -0.05) is 25.4 Å². The molecule has 0 unspecified atom stereocenters. The van der Waals surface area contributed by atoms with Crippen LogP contribution in [0.2, 0.25) is 5.02 Å². The number of anilines is 1. The Bertz CT molecular complexity index is 691. The summed E-state index contributed by atoms with van der Waals surface area (Å²) in [7, 11) is 1.73. The van der Waals surface area contributed by atoms with Crippen LogP contribution in [0.3, 0.4) is 0 Å². The van der Waals surface area contributed by atoms with Crippen LogP contribution in [0, 0.1) is 5.92 Å². The first kappa shape index (κ1) is 18.2. The third-order valence-corrected chi connectivity index (χ3v) is 4.28. The molecular weight excluding hydrogens is 324 g/mol. The maximum atomic E-state index is 12.7. The van der Waals surface area contributed by atoms with Crippen molar-refractivity contribution in [2.24, 2.45) is 5.92 Å². The molecule has 24 heavy (non-hydrogen) atoms. The Balaban J connectivity index is 2.15. The summed E-state index contributed by atoms with van der Waals surface area (Å²) < 4.78 is 0. The van der Waals surface area contributed by atoms with Gasteiger partial charge < -0.3 is 10.2 Å². The summed E-state index contributed by atoms with van der Waals surface area (Å²) in [5.74, 6) is 0.339. The Morgan fingerprint density at radius 1 is 1.29 bits per heavy atom. The molecule has 0 fully saturated rings. The topological polar surface area (TPSA) is 58.1 Å². The normalized spacial score (nSPS) is 12.1. The minimum absolute atomic E-state index is 0.147. The minimum atomic E-state index is -0.147. The van der Waals surface area contributed by atoms with Crippen LogP contribution < -0.4 is 5.32 Å². The van der Waals surface area contributed by atoms with Crippen molar-refractivity contribution in [3.05, 3.63) is 53.1 Å². The number of carbonyl (C=O) groups is 1. The van der Waals surface area contributed by atoms with Gasteiger partial charge in [0.05, 0.1) is 29.0 Å². The predicted molar refractivity (Wildman–Crippen MR) is 97.2 cm³/mol. The van der Waals surface area contributed by atoms with Crippen molar-refractivity contribution < 1.29 is 4.79 Å². The molecule has 2 rings (SSSR count). The van der Waals surface area contributed by atoms with Gasteiger partial charge in [0.25, 0.3) is 5.91 Å². The number of nitrogens with one attached hydrogen (secondary N) is 1. The van der Waals surface area contributed by atoms with Crippen LogP contribution in [0.15, 0.2) is 36.8 Å². The number of carbonyl (C=O) groups excluding carboxylic acids is 1. The molecule has 1 N–H and O–H groups in total. The van der Waals surface area contributed by atoms with Crippen molar-refractivity contribution in [2.75, 3.05) is 12.4 Å². The molecule has 1 heterocycles. The monoisotopic (exact) mass is 346 g/mol. The second-order valence-corrected chi connectivity index (χ2v) is 6.64. The van der Waals surface area contributed by atoms with Crippen LogP contribution in [-0.2, 0) is 6.54 Å². The van der Waals surface area contributed by atoms with E-state index >= 15 is 0 Å². The first-order valence-corrected chi connectivity index (χ1v) is 8.32. The van der Waals surface area contributed by atoms with E-state index in [1.807, 2.05) is 6.07 Å². The highest BCUT2D eigenvalue weighted by Crippen LogP contribution is 2.23. The number of aromatic nitrogens is 2. The largest absolute Gasteiger partial charge is 0.382 e. The van der Waals surface area contributed by atoms with E-state index in [0.29, 0.717) is 29.1 Å². The summed E-state index contributed by atoms with van der Waals surface area (Å²) in [6.45, 7) is 6.78. The highest BCUT2D eigenvalue weighted by Gasteiger charge is 2.17. The van der Waals surface area contributed by atoms with Crippen molar-refractivity contribution in [3.8, 4) is 0 Å². The smallest absolute Gasteiger partial charge is 0.255 e. The lowest BCUT2D eigenvalue weighted by atomic mass is 10.1. The second kappa shape index (κ2) is 8.11. The Morgan fingerprint density at radius 3 is 2.67 bits per heavy atom. The molecule has 0 aliphatic heterocycles. The summed E-state index contributed by atoms with van der Waals surface area (Å²) in [6, 6.07) is 5.74. The fraction of sp³-hybridized carbons (Fsp3) is 0.389. The number of nitrogens with zero attached hydrogens (tertiary/aromatic N) is 3. The van der Waals surface area contributed by atoms with E-state index in [9.17, 15) is 4.79 Å². The molecule has 1 aromatic carbocycles. The van der Waals surface area contributed by atoms with E-state index in [-0.39, 0.29) is 5.91 Å². The summed E-state index contributed by atoms with van der Waals surface area (Å²) in [6.07, 6.45) is 4.86. The van der Waals surface area contributed by atoms with E-state index in [1.54, 1.807) is 42.7 Å². The number of benzene rings is 1. The van der Waals surface area contributed by atoms with Crippen LogP contribution in [-0.4, -0.2) is 33.9 Å². The van der Waals surface area contributed by atoms with Crippen LogP contribution in [0.4, 0.5) is 5.69 Å². The first-order valence-electron chi connectivity index (χ1n) is 7.95. The molecular formula is C18H23ClN4O. The quantitative estimate of drug-likeness (QED) is 0.862. The molecule has 0 aliphatic carbocycles.